The molecular formula is C15H18BrN3. The van der Waals surface area contributed by atoms with Crippen LogP contribution in [0.25, 0.3) is 10.9 Å². The van der Waals surface area contributed by atoms with Crippen LogP contribution in [-0.2, 0) is 0 Å². The smallest absolute Gasteiger partial charge is 0.139 e. The molecule has 1 unspecified atom stereocenters. The van der Waals surface area contributed by atoms with Crippen molar-refractivity contribution in [2.24, 2.45) is 5.92 Å². The van der Waals surface area contributed by atoms with Crippen LogP contribution in [-0.4, -0.2) is 27.9 Å². The first-order valence-corrected chi connectivity index (χ1v) is 7.76. The van der Waals surface area contributed by atoms with E-state index in [9.17, 15) is 0 Å². The average molecular weight is 320 g/mol. The van der Waals surface area contributed by atoms with Gasteiger partial charge < -0.3 is 4.90 Å². The number of hydrogen-bond donors (Lipinski definition) is 0. The fraction of sp³-hybridized carbons (Fsp3) is 0.467. The number of benzene rings is 1. The lowest BCUT2D eigenvalue weighted by atomic mass is 9.94. The number of para-hydroxylation sites is 1. The van der Waals surface area contributed by atoms with Gasteiger partial charge in [-0.1, -0.05) is 35.0 Å². The summed E-state index contributed by atoms with van der Waals surface area (Å²) in [6, 6.07) is 8.25. The van der Waals surface area contributed by atoms with Crippen LogP contribution in [0.4, 0.5) is 5.82 Å². The molecule has 19 heavy (non-hydrogen) atoms. The number of fused-ring (bicyclic) bond motifs is 1. The van der Waals surface area contributed by atoms with E-state index in [1.807, 2.05) is 12.1 Å². The van der Waals surface area contributed by atoms with E-state index in [1.165, 1.54) is 12.8 Å². The maximum Gasteiger partial charge on any atom is 0.139 e. The molecule has 1 aromatic heterocycles. The number of hydrogen-bond acceptors (Lipinski definition) is 3. The summed E-state index contributed by atoms with van der Waals surface area (Å²) in [6.07, 6.45) is 4.13. The first-order chi connectivity index (χ1) is 9.25. The topological polar surface area (TPSA) is 29.0 Å². The van der Waals surface area contributed by atoms with Crippen LogP contribution in [0.15, 0.2) is 30.6 Å². The Bertz CT molecular complexity index is 557. The molecule has 0 amide bonds. The minimum absolute atomic E-state index is 0.608. The van der Waals surface area contributed by atoms with Crippen molar-refractivity contribution in [3.05, 3.63) is 30.6 Å². The van der Waals surface area contributed by atoms with Crippen molar-refractivity contribution in [2.75, 3.05) is 18.0 Å². The zero-order valence-electron chi connectivity index (χ0n) is 11.1. The van der Waals surface area contributed by atoms with E-state index in [2.05, 4.69) is 49.9 Å². The molecule has 1 aliphatic heterocycles. The molecule has 4 heteroatoms. The molecule has 0 radical (unpaired) electrons. The lowest BCUT2D eigenvalue weighted by molar-refractivity contribution is 0.406. The highest BCUT2D eigenvalue weighted by molar-refractivity contribution is 9.09. The molecule has 3 nitrogen and oxygen atoms in total. The largest absolute Gasteiger partial charge is 0.356 e. The second-order valence-corrected chi connectivity index (χ2v) is 6.66. The Morgan fingerprint density at radius 1 is 1.21 bits per heavy atom. The van der Waals surface area contributed by atoms with Crippen molar-refractivity contribution in [3.8, 4) is 0 Å². The Hall–Kier alpha value is -1.16. The summed E-state index contributed by atoms with van der Waals surface area (Å²) in [5.41, 5.74) is 1.03. The van der Waals surface area contributed by atoms with E-state index in [0.717, 1.165) is 35.7 Å². The normalized spacial score (nSPS) is 18.7. The van der Waals surface area contributed by atoms with Gasteiger partial charge in [0, 0.05) is 23.3 Å². The molecule has 0 spiro atoms. The van der Waals surface area contributed by atoms with Gasteiger partial charge in [0.2, 0.25) is 0 Å². The van der Waals surface area contributed by atoms with Crippen molar-refractivity contribution < 1.29 is 0 Å². The van der Waals surface area contributed by atoms with E-state index in [4.69, 9.17) is 0 Å². The van der Waals surface area contributed by atoms with Crippen molar-refractivity contribution in [3.63, 3.8) is 0 Å². The van der Waals surface area contributed by atoms with Crippen LogP contribution < -0.4 is 4.90 Å². The summed E-state index contributed by atoms with van der Waals surface area (Å²) in [6.45, 7) is 4.42. The third kappa shape index (κ3) is 2.59. The SMILES string of the molecule is CC(Br)C1CCN(c2ncnc3ccccc23)CC1. The van der Waals surface area contributed by atoms with Gasteiger partial charge in [-0.05, 0) is 30.9 Å². The number of rotatable bonds is 2. The molecule has 1 fully saturated rings. The molecule has 0 saturated carbocycles. The lowest BCUT2D eigenvalue weighted by Gasteiger charge is -2.34. The Labute approximate surface area is 122 Å². The highest BCUT2D eigenvalue weighted by Gasteiger charge is 2.23. The standard InChI is InChI=1S/C15H18BrN3/c1-11(16)12-6-8-19(9-7-12)15-13-4-2-3-5-14(13)17-10-18-15/h2-5,10-12H,6-9H2,1H3. The summed E-state index contributed by atoms with van der Waals surface area (Å²) in [4.78, 5) is 11.8. The minimum Gasteiger partial charge on any atom is -0.356 e. The molecule has 1 saturated heterocycles. The van der Waals surface area contributed by atoms with E-state index in [0.29, 0.717) is 4.83 Å². The lowest BCUT2D eigenvalue weighted by Crippen LogP contribution is -2.36. The van der Waals surface area contributed by atoms with Crippen molar-refractivity contribution in [1.29, 1.82) is 0 Å². The second kappa shape index (κ2) is 5.45. The highest BCUT2D eigenvalue weighted by Crippen LogP contribution is 2.30. The fourth-order valence-corrected chi connectivity index (χ4v) is 3.34. The Kier molecular flexibility index (Phi) is 3.69. The average Bonchev–Trinajstić information content (AvgIpc) is 2.47. The maximum absolute atomic E-state index is 4.50. The Morgan fingerprint density at radius 3 is 2.68 bits per heavy atom. The van der Waals surface area contributed by atoms with Crippen molar-refractivity contribution in [1.82, 2.24) is 9.97 Å². The molecule has 0 aliphatic carbocycles. The summed E-state index contributed by atoms with van der Waals surface area (Å²) >= 11 is 3.71. The Balaban J connectivity index is 1.86. The first kappa shape index (κ1) is 12.9. The third-order valence-corrected chi connectivity index (χ3v) is 4.76. The number of anilines is 1. The van der Waals surface area contributed by atoms with Crippen LogP contribution in [0.2, 0.25) is 0 Å². The van der Waals surface area contributed by atoms with Crippen LogP contribution in [0, 0.1) is 5.92 Å². The molecule has 2 heterocycles. The number of aromatic nitrogens is 2. The van der Waals surface area contributed by atoms with E-state index >= 15 is 0 Å². The Morgan fingerprint density at radius 2 is 1.95 bits per heavy atom. The monoisotopic (exact) mass is 319 g/mol. The van der Waals surface area contributed by atoms with Gasteiger partial charge in [0.05, 0.1) is 5.52 Å². The molecule has 3 rings (SSSR count). The van der Waals surface area contributed by atoms with Gasteiger partial charge in [0.15, 0.2) is 0 Å². The number of alkyl halides is 1. The summed E-state index contributed by atoms with van der Waals surface area (Å²) in [7, 11) is 0. The number of halogens is 1. The zero-order chi connectivity index (χ0) is 13.2. The molecule has 0 N–H and O–H groups in total. The van der Waals surface area contributed by atoms with E-state index in [1.54, 1.807) is 6.33 Å². The van der Waals surface area contributed by atoms with Gasteiger partial charge >= 0.3 is 0 Å². The maximum atomic E-state index is 4.50. The molecule has 100 valence electrons. The van der Waals surface area contributed by atoms with Crippen molar-refractivity contribution >= 4 is 32.7 Å². The van der Waals surface area contributed by atoms with E-state index in [-0.39, 0.29) is 0 Å². The number of piperidine rings is 1. The summed E-state index contributed by atoms with van der Waals surface area (Å²) in [5.74, 6) is 1.87. The predicted molar refractivity (Wildman–Crippen MR) is 82.9 cm³/mol. The van der Waals surface area contributed by atoms with Gasteiger partial charge in [0.1, 0.15) is 12.1 Å². The summed E-state index contributed by atoms with van der Waals surface area (Å²) < 4.78 is 0. The molecule has 1 atom stereocenters. The molecular weight excluding hydrogens is 302 g/mol. The quantitative estimate of drug-likeness (QED) is 0.791. The van der Waals surface area contributed by atoms with Gasteiger partial charge in [-0.15, -0.1) is 0 Å². The first-order valence-electron chi connectivity index (χ1n) is 6.84. The predicted octanol–water partition coefficient (Wildman–Crippen LogP) is 3.63. The number of nitrogens with zero attached hydrogens (tertiary/aromatic N) is 3. The van der Waals surface area contributed by atoms with Crippen LogP contribution >= 0.6 is 15.9 Å². The van der Waals surface area contributed by atoms with Crippen molar-refractivity contribution in [2.45, 2.75) is 24.6 Å². The van der Waals surface area contributed by atoms with Gasteiger partial charge in [-0.3, -0.25) is 0 Å². The molecule has 2 aromatic rings. The van der Waals surface area contributed by atoms with Crippen LogP contribution in [0.5, 0.6) is 0 Å². The third-order valence-electron chi connectivity index (χ3n) is 4.01. The second-order valence-electron chi connectivity index (χ2n) is 5.22. The summed E-state index contributed by atoms with van der Waals surface area (Å²) in [5, 5.41) is 1.16. The molecule has 1 aliphatic rings. The molecule has 0 bridgehead atoms. The van der Waals surface area contributed by atoms with Crippen LogP contribution in [0.1, 0.15) is 19.8 Å². The highest BCUT2D eigenvalue weighted by atomic mass is 79.9. The van der Waals surface area contributed by atoms with Crippen LogP contribution in [0.3, 0.4) is 0 Å². The minimum atomic E-state index is 0.608. The zero-order valence-corrected chi connectivity index (χ0v) is 12.7. The van der Waals surface area contributed by atoms with E-state index < -0.39 is 0 Å². The van der Waals surface area contributed by atoms with Gasteiger partial charge in [-0.2, -0.15) is 0 Å². The molecule has 1 aromatic carbocycles. The van der Waals surface area contributed by atoms with Gasteiger partial charge in [-0.25, -0.2) is 9.97 Å². The fourth-order valence-electron chi connectivity index (χ4n) is 2.81. The van der Waals surface area contributed by atoms with Gasteiger partial charge in [0.25, 0.3) is 0 Å².